The maximum absolute atomic E-state index is 11.8. The molecular formula is C14H21NOS. The largest absolute Gasteiger partial charge is 0.351 e. The molecule has 0 saturated heterocycles. The summed E-state index contributed by atoms with van der Waals surface area (Å²) in [5, 5.41) is 2.98. The zero-order chi connectivity index (χ0) is 12.9. The Morgan fingerprint density at radius 3 is 2.41 bits per heavy atom. The zero-order valence-corrected chi connectivity index (χ0v) is 11.8. The van der Waals surface area contributed by atoms with E-state index in [9.17, 15) is 4.79 Å². The van der Waals surface area contributed by atoms with Gasteiger partial charge in [-0.05, 0) is 33.3 Å². The van der Waals surface area contributed by atoms with Gasteiger partial charge in [-0.25, -0.2) is 0 Å². The zero-order valence-electron chi connectivity index (χ0n) is 11.0. The second-order valence-electron chi connectivity index (χ2n) is 5.18. The van der Waals surface area contributed by atoms with Crippen LogP contribution in [0.25, 0.3) is 0 Å². The Morgan fingerprint density at radius 1 is 1.29 bits per heavy atom. The minimum Gasteiger partial charge on any atom is -0.351 e. The molecule has 1 amide bonds. The lowest BCUT2D eigenvalue weighted by molar-refractivity contribution is -0.121. The number of nitrogens with one attached hydrogen (secondary N) is 1. The van der Waals surface area contributed by atoms with Gasteiger partial charge in [-0.3, -0.25) is 4.79 Å². The van der Waals surface area contributed by atoms with Crippen LogP contribution in [-0.4, -0.2) is 16.7 Å². The molecule has 0 aliphatic heterocycles. The van der Waals surface area contributed by atoms with Crippen molar-refractivity contribution in [3.05, 3.63) is 35.9 Å². The van der Waals surface area contributed by atoms with Crippen molar-refractivity contribution < 1.29 is 4.79 Å². The van der Waals surface area contributed by atoms with Crippen LogP contribution >= 0.6 is 11.8 Å². The molecule has 1 N–H and O–H groups in total. The van der Waals surface area contributed by atoms with Crippen molar-refractivity contribution in [2.75, 3.05) is 0 Å². The van der Waals surface area contributed by atoms with Crippen LogP contribution in [0, 0.1) is 0 Å². The number of carbonyl (C=O) groups is 1. The first-order valence-corrected chi connectivity index (χ1v) is 6.91. The first-order valence-electron chi connectivity index (χ1n) is 5.86. The molecule has 0 aromatic heterocycles. The quantitative estimate of drug-likeness (QED) is 0.890. The highest BCUT2D eigenvalue weighted by atomic mass is 32.2. The summed E-state index contributed by atoms with van der Waals surface area (Å²) in [6, 6.07) is 10.2. The monoisotopic (exact) mass is 251 g/mol. The molecule has 17 heavy (non-hydrogen) atoms. The van der Waals surface area contributed by atoms with E-state index in [4.69, 9.17) is 0 Å². The van der Waals surface area contributed by atoms with Crippen LogP contribution in [-0.2, 0) is 10.5 Å². The summed E-state index contributed by atoms with van der Waals surface area (Å²) in [5.41, 5.74) is 1.10. The summed E-state index contributed by atoms with van der Waals surface area (Å²) < 4.78 is 0. The maximum Gasteiger partial charge on any atom is 0.233 e. The van der Waals surface area contributed by atoms with Gasteiger partial charge in [0.15, 0.2) is 0 Å². The second kappa shape index (κ2) is 6.10. The standard InChI is InChI=1S/C14H21NOS/c1-11(13(16)15-14(2,3)4)17-10-12-8-6-5-7-9-12/h5-9,11H,10H2,1-4H3,(H,15,16). The Hall–Kier alpha value is -0.960. The third kappa shape index (κ3) is 5.78. The summed E-state index contributed by atoms with van der Waals surface area (Å²) in [6.07, 6.45) is 0. The average molecular weight is 251 g/mol. The fourth-order valence-corrected chi connectivity index (χ4v) is 2.19. The molecule has 94 valence electrons. The molecule has 1 rings (SSSR count). The van der Waals surface area contributed by atoms with Gasteiger partial charge in [0.2, 0.25) is 5.91 Å². The summed E-state index contributed by atoms with van der Waals surface area (Å²) in [5.74, 6) is 0.984. The Balaban J connectivity index is 2.40. The SMILES string of the molecule is CC(SCc1ccccc1)C(=O)NC(C)(C)C. The number of hydrogen-bond donors (Lipinski definition) is 1. The Bertz CT molecular complexity index is 356. The number of benzene rings is 1. The second-order valence-corrected chi connectivity index (χ2v) is 6.51. The third-order valence-electron chi connectivity index (χ3n) is 2.21. The number of rotatable bonds is 4. The fraction of sp³-hybridized carbons (Fsp3) is 0.500. The molecule has 0 spiro atoms. The predicted molar refractivity (Wildman–Crippen MR) is 75.1 cm³/mol. The molecule has 1 unspecified atom stereocenters. The molecule has 1 aromatic rings. The molecule has 0 aliphatic rings. The molecule has 1 aromatic carbocycles. The van der Waals surface area contributed by atoms with Crippen molar-refractivity contribution in [2.45, 2.75) is 44.2 Å². The number of amides is 1. The van der Waals surface area contributed by atoms with Gasteiger partial charge in [-0.1, -0.05) is 30.3 Å². The average Bonchev–Trinajstić information content (AvgIpc) is 2.25. The van der Waals surface area contributed by atoms with E-state index >= 15 is 0 Å². The van der Waals surface area contributed by atoms with Gasteiger partial charge >= 0.3 is 0 Å². The topological polar surface area (TPSA) is 29.1 Å². The Labute approximate surface area is 108 Å². The van der Waals surface area contributed by atoms with E-state index < -0.39 is 0 Å². The molecule has 0 saturated carbocycles. The van der Waals surface area contributed by atoms with E-state index in [0.717, 1.165) is 5.75 Å². The van der Waals surface area contributed by atoms with Crippen LogP contribution in [0.3, 0.4) is 0 Å². The molecular weight excluding hydrogens is 230 g/mol. The lowest BCUT2D eigenvalue weighted by atomic mass is 10.1. The Kier molecular flexibility index (Phi) is 5.06. The fourth-order valence-electron chi connectivity index (χ4n) is 1.34. The van der Waals surface area contributed by atoms with Crippen molar-refractivity contribution in [1.29, 1.82) is 0 Å². The molecule has 0 radical (unpaired) electrons. The van der Waals surface area contributed by atoms with Gasteiger partial charge in [0.25, 0.3) is 0 Å². The lowest BCUT2D eigenvalue weighted by Gasteiger charge is -2.23. The number of thioether (sulfide) groups is 1. The van der Waals surface area contributed by atoms with Crippen LogP contribution in [0.2, 0.25) is 0 Å². The molecule has 0 fully saturated rings. The smallest absolute Gasteiger partial charge is 0.233 e. The molecule has 0 heterocycles. The van der Waals surface area contributed by atoms with E-state index in [-0.39, 0.29) is 16.7 Å². The number of carbonyl (C=O) groups excluding carboxylic acids is 1. The van der Waals surface area contributed by atoms with Crippen molar-refractivity contribution in [3.63, 3.8) is 0 Å². The van der Waals surface area contributed by atoms with Crippen LogP contribution in [0.4, 0.5) is 0 Å². The number of hydrogen-bond acceptors (Lipinski definition) is 2. The Morgan fingerprint density at radius 2 is 1.88 bits per heavy atom. The van der Waals surface area contributed by atoms with Gasteiger partial charge in [0.1, 0.15) is 0 Å². The molecule has 2 nitrogen and oxygen atoms in total. The summed E-state index contributed by atoms with van der Waals surface area (Å²) in [4.78, 5) is 11.8. The van der Waals surface area contributed by atoms with Crippen LogP contribution < -0.4 is 5.32 Å². The van der Waals surface area contributed by atoms with E-state index in [1.807, 2.05) is 45.9 Å². The minimum atomic E-state index is -0.154. The molecule has 0 aliphatic carbocycles. The van der Waals surface area contributed by atoms with Gasteiger partial charge in [-0.15, -0.1) is 11.8 Å². The summed E-state index contributed by atoms with van der Waals surface area (Å²) in [7, 11) is 0. The van der Waals surface area contributed by atoms with E-state index in [0.29, 0.717) is 0 Å². The van der Waals surface area contributed by atoms with E-state index in [1.54, 1.807) is 11.8 Å². The van der Waals surface area contributed by atoms with Crippen molar-refractivity contribution in [1.82, 2.24) is 5.32 Å². The van der Waals surface area contributed by atoms with Gasteiger partial charge in [0.05, 0.1) is 5.25 Å². The third-order valence-corrected chi connectivity index (χ3v) is 3.42. The molecule has 3 heteroatoms. The van der Waals surface area contributed by atoms with Gasteiger partial charge < -0.3 is 5.32 Å². The maximum atomic E-state index is 11.8. The molecule has 0 bridgehead atoms. The van der Waals surface area contributed by atoms with E-state index in [2.05, 4.69) is 17.4 Å². The summed E-state index contributed by atoms with van der Waals surface area (Å²) >= 11 is 1.67. The van der Waals surface area contributed by atoms with Gasteiger partial charge in [-0.2, -0.15) is 0 Å². The first kappa shape index (κ1) is 14.1. The van der Waals surface area contributed by atoms with Crippen molar-refractivity contribution in [3.8, 4) is 0 Å². The highest BCUT2D eigenvalue weighted by Crippen LogP contribution is 2.18. The predicted octanol–water partition coefficient (Wildman–Crippen LogP) is 3.22. The molecule has 1 atom stereocenters. The highest BCUT2D eigenvalue weighted by Gasteiger charge is 2.19. The highest BCUT2D eigenvalue weighted by molar-refractivity contribution is 7.99. The normalized spacial score (nSPS) is 13.2. The van der Waals surface area contributed by atoms with Crippen LogP contribution in [0.1, 0.15) is 33.3 Å². The first-order chi connectivity index (χ1) is 7.88. The van der Waals surface area contributed by atoms with Crippen molar-refractivity contribution in [2.24, 2.45) is 0 Å². The lowest BCUT2D eigenvalue weighted by Crippen LogP contribution is -2.44. The van der Waals surface area contributed by atoms with Crippen LogP contribution in [0.5, 0.6) is 0 Å². The van der Waals surface area contributed by atoms with Gasteiger partial charge in [0, 0.05) is 11.3 Å². The summed E-state index contributed by atoms with van der Waals surface area (Å²) in [6.45, 7) is 7.95. The minimum absolute atomic E-state index is 0.0190. The van der Waals surface area contributed by atoms with E-state index in [1.165, 1.54) is 5.56 Å². The van der Waals surface area contributed by atoms with Crippen LogP contribution in [0.15, 0.2) is 30.3 Å². The van der Waals surface area contributed by atoms with Crippen molar-refractivity contribution >= 4 is 17.7 Å².